The molecule has 0 spiro atoms. The summed E-state index contributed by atoms with van der Waals surface area (Å²) in [7, 11) is 0. The Morgan fingerprint density at radius 1 is 0.394 bits per heavy atom. The zero-order valence-electron chi connectivity index (χ0n) is 21.3. The average Bonchev–Trinajstić information content (AvgIpc) is 2.72. The van der Waals surface area contributed by atoms with E-state index in [1.165, 1.54) is 0 Å². The minimum Gasteiger partial charge on any atom is -0.411 e. The maximum atomic E-state index is 4.76. The van der Waals surface area contributed by atoms with Crippen molar-refractivity contribution < 1.29 is 41.3 Å². The summed E-state index contributed by atoms with van der Waals surface area (Å²) in [5, 5.41) is 0. The first kappa shape index (κ1) is 44.8. The molecule has 0 bridgehead atoms. The van der Waals surface area contributed by atoms with Gasteiger partial charge in [0.15, 0.2) is 0 Å². The monoisotopic (exact) mass is 733 g/mol. The number of hydrogen-bond acceptors (Lipinski definition) is 8. The molecular weight excluding hydrogens is 694 g/mol. The van der Waals surface area contributed by atoms with Crippen LogP contribution in [0.2, 0.25) is 0 Å². The third-order valence-electron chi connectivity index (χ3n) is 4.09. The van der Waals surface area contributed by atoms with Crippen LogP contribution in [0.3, 0.4) is 0 Å². The van der Waals surface area contributed by atoms with Crippen molar-refractivity contribution in [1.29, 1.82) is 0 Å². The molecule has 195 valence electrons. The van der Waals surface area contributed by atoms with Crippen LogP contribution in [-0.2, 0) is 50.5 Å². The van der Waals surface area contributed by atoms with Crippen molar-refractivity contribution in [2.75, 3.05) is 52.4 Å². The molecule has 0 aliphatic carbocycles. The van der Waals surface area contributed by atoms with Gasteiger partial charge in [-0.15, -0.1) is 0 Å². The van der Waals surface area contributed by atoms with Gasteiger partial charge in [0.2, 0.25) is 0 Å². The number of nitrogens with zero attached hydrogens (tertiary/aromatic N) is 4. The minimum atomic E-state index is 0. The summed E-state index contributed by atoms with van der Waals surface area (Å²) in [6.45, 7) is 23.8. The molecule has 0 amide bonds. The van der Waals surface area contributed by atoms with Gasteiger partial charge in [0, 0.05) is 93.6 Å². The predicted molar refractivity (Wildman–Crippen MR) is 172 cm³/mol. The van der Waals surface area contributed by atoms with Crippen molar-refractivity contribution in [3.8, 4) is 0 Å². The summed E-state index contributed by atoms with van der Waals surface area (Å²) in [6, 6.07) is 0. The van der Waals surface area contributed by atoms with Crippen molar-refractivity contribution in [3.05, 3.63) is 0 Å². The summed E-state index contributed by atoms with van der Waals surface area (Å²) in [5.74, 6) is 0. The van der Waals surface area contributed by atoms with Gasteiger partial charge >= 0.3 is 0 Å². The SMILES string of the molecule is CCN(CC)C(=S)[S-].CCN(CC)C(=S)[S-].CCN(CC)C(=S)[S-].CCN(CC)C(=S)[S-].[Pr]. The zero-order valence-corrected chi connectivity index (χ0v) is 31.5. The molecule has 4 nitrogen and oxygen atoms in total. The molecule has 0 aromatic heterocycles. The molecule has 0 atom stereocenters. The number of hydrogen-bond donors (Lipinski definition) is 0. The molecule has 0 saturated heterocycles. The van der Waals surface area contributed by atoms with E-state index in [9.17, 15) is 0 Å². The number of thiocarbonyl (C=S) groups is 4. The van der Waals surface area contributed by atoms with E-state index in [0.29, 0.717) is 17.3 Å². The summed E-state index contributed by atoms with van der Waals surface area (Å²) in [4.78, 5) is 7.85. The molecule has 0 aliphatic heterocycles. The Morgan fingerprint density at radius 3 is 0.485 bits per heavy atom. The van der Waals surface area contributed by atoms with Crippen LogP contribution in [-0.4, -0.2) is 89.2 Å². The van der Waals surface area contributed by atoms with Crippen LogP contribution < -0.4 is 0 Å². The molecule has 0 aromatic carbocycles. The van der Waals surface area contributed by atoms with Crippen molar-refractivity contribution in [3.63, 3.8) is 0 Å². The topological polar surface area (TPSA) is 13.0 Å². The van der Waals surface area contributed by atoms with Crippen molar-refractivity contribution in [2.24, 2.45) is 0 Å². The first-order valence-corrected chi connectivity index (χ1v) is 14.0. The van der Waals surface area contributed by atoms with Gasteiger partial charge in [-0.3, -0.25) is 0 Å². The summed E-state index contributed by atoms with van der Waals surface area (Å²) in [5.41, 5.74) is 0. The van der Waals surface area contributed by atoms with Crippen LogP contribution in [0.1, 0.15) is 55.4 Å². The molecule has 0 aliphatic rings. The zero-order chi connectivity index (χ0) is 26.3. The Balaban J connectivity index is -0.000000105. The quantitative estimate of drug-likeness (QED) is 0.255. The summed E-state index contributed by atoms with van der Waals surface area (Å²) >= 11 is 38.0. The van der Waals surface area contributed by atoms with E-state index in [2.05, 4.69) is 0 Å². The summed E-state index contributed by atoms with van der Waals surface area (Å²) in [6.07, 6.45) is 0. The minimum absolute atomic E-state index is 0. The third-order valence-corrected chi connectivity index (χ3v) is 6.15. The fraction of sp³-hybridized carbons (Fsp3) is 0.800. The van der Waals surface area contributed by atoms with E-state index < -0.39 is 0 Å². The normalized spacial score (nSPS) is 8.48. The first-order valence-electron chi connectivity index (χ1n) is 10.7. The Morgan fingerprint density at radius 2 is 0.485 bits per heavy atom. The fourth-order valence-electron chi connectivity index (χ4n) is 1.93. The molecule has 1 radical (unpaired) electrons. The second-order valence-corrected chi connectivity index (χ2v) is 9.88. The smallest absolute Gasteiger partial charge is 0.0133 e. The van der Waals surface area contributed by atoms with Gasteiger partial charge in [-0.2, -0.15) is 0 Å². The molecule has 0 saturated carbocycles. The van der Waals surface area contributed by atoms with Gasteiger partial charge in [0.25, 0.3) is 0 Å². The van der Waals surface area contributed by atoms with Crippen LogP contribution >= 0.6 is 48.9 Å². The first-order chi connectivity index (χ1) is 14.9. The molecule has 33 heavy (non-hydrogen) atoms. The van der Waals surface area contributed by atoms with Crippen LogP contribution in [0.25, 0.3) is 0 Å². The third kappa shape index (κ3) is 29.9. The van der Waals surface area contributed by atoms with Gasteiger partial charge in [0.05, 0.1) is 0 Å². The molecule has 0 aromatic rings. The second kappa shape index (κ2) is 31.8. The maximum absolute atomic E-state index is 4.76. The van der Waals surface area contributed by atoms with Crippen LogP contribution in [0.5, 0.6) is 0 Å². The standard InChI is InChI=1S/4C5H11NS2.Pr/c4*1-3-6(4-2)5(7)8;/h4*3-4H2,1-2H3,(H,7,8);/p-4. The van der Waals surface area contributed by atoms with Gasteiger partial charge in [-0.1, -0.05) is 17.3 Å². The van der Waals surface area contributed by atoms with Gasteiger partial charge < -0.3 is 119 Å². The Bertz CT molecular complexity index is 408. The molecule has 0 rings (SSSR count). The molecule has 0 N–H and O–H groups in total. The van der Waals surface area contributed by atoms with Crippen LogP contribution in [0.15, 0.2) is 0 Å². The van der Waals surface area contributed by atoms with Crippen LogP contribution in [0, 0.1) is 41.3 Å². The summed E-state index contributed by atoms with van der Waals surface area (Å²) < 4.78 is 2.31. The Kier molecular flexibility index (Phi) is 43.2. The van der Waals surface area contributed by atoms with E-state index in [-0.39, 0.29) is 41.3 Å². The second-order valence-electron chi connectivity index (χ2n) is 5.75. The Labute approximate surface area is 281 Å². The van der Waals surface area contributed by atoms with Gasteiger partial charge in [0.1, 0.15) is 0 Å². The van der Waals surface area contributed by atoms with E-state index in [0.717, 1.165) is 52.4 Å². The maximum Gasteiger partial charge on any atom is 0.0133 e. The van der Waals surface area contributed by atoms with Crippen molar-refractivity contribution in [1.82, 2.24) is 19.6 Å². The van der Waals surface area contributed by atoms with E-state index in [1.54, 1.807) is 0 Å². The predicted octanol–water partition coefficient (Wildman–Crippen LogP) is 4.64. The molecule has 0 unspecified atom stereocenters. The van der Waals surface area contributed by atoms with Gasteiger partial charge in [-0.05, 0) is 55.4 Å². The largest absolute Gasteiger partial charge is 0.411 e. The molecule has 0 heterocycles. The molecule has 13 heteroatoms. The van der Waals surface area contributed by atoms with Gasteiger partial charge in [-0.25, -0.2) is 0 Å². The number of rotatable bonds is 8. The van der Waals surface area contributed by atoms with E-state index >= 15 is 0 Å². The van der Waals surface area contributed by atoms with Crippen molar-refractivity contribution >= 4 is 117 Å². The average molecular weight is 734 g/mol. The fourth-order valence-corrected chi connectivity index (χ4v) is 3.99. The van der Waals surface area contributed by atoms with Crippen molar-refractivity contribution in [2.45, 2.75) is 55.4 Å². The van der Waals surface area contributed by atoms with E-state index in [4.69, 9.17) is 99.4 Å². The molecular formula is C20H40N4PrS8-4. The van der Waals surface area contributed by atoms with Crippen LogP contribution in [0.4, 0.5) is 0 Å². The Hall–Kier alpha value is 1.80. The molecule has 0 fully saturated rings. The van der Waals surface area contributed by atoms with E-state index in [1.807, 2.05) is 75.0 Å².